The number of nitro benzene ring substituents is 1. The molecule has 0 spiro atoms. The van der Waals surface area contributed by atoms with E-state index in [2.05, 4.69) is 15.6 Å². The van der Waals surface area contributed by atoms with E-state index in [4.69, 9.17) is 4.74 Å². The molecule has 0 aliphatic rings. The lowest BCUT2D eigenvalue weighted by Gasteiger charge is -2.12. The summed E-state index contributed by atoms with van der Waals surface area (Å²) in [7, 11) is 3.31. The molecule has 2 aromatic carbocycles. The number of non-ortho nitro benzene ring substituents is 1. The Morgan fingerprint density at radius 3 is 2.38 bits per heavy atom. The fraction of sp³-hybridized carbons (Fsp3) is 0.235. The van der Waals surface area contributed by atoms with E-state index in [1.54, 1.807) is 26.3 Å². The first-order valence-electron chi connectivity index (χ1n) is 7.43. The number of ether oxygens (including phenoxy) is 1. The predicted molar refractivity (Wildman–Crippen MR) is 93.1 cm³/mol. The predicted octanol–water partition coefficient (Wildman–Crippen LogP) is 2.47. The van der Waals surface area contributed by atoms with Crippen LogP contribution in [0, 0.1) is 10.1 Å². The van der Waals surface area contributed by atoms with Gasteiger partial charge < -0.3 is 15.4 Å². The zero-order chi connectivity index (χ0) is 17.4. The van der Waals surface area contributed by atoms with Gasteiger partial charge in [0, 0.05) is 32.3 Å². The van der Waals surface area contributed by atoms with Crippen LogP contribution in [0.4, 0.5) is 5.69 Å². The van der Waals surface area contributed by atoms with Crippen LogP contribution >= 0.6 is 0 Å². The molecule has 0 saturated heterocycles. The van der Waals surface area contributed by atoms with Crippen molar-refractivity contribution in [1.29, 1.82) is 0 Å². The standard InChI is InChI=1S/C17H20N4O3/c1-18-17(19-11-13-6-8-16(24-2)9-7-13)20-12-14-4-3-5-15(10-14)21(22)23/h3-10H,11-12H2,1-2H3,(H2,18,19,20). The van der Waals surface area contributed by atoms with Crippen molar-refractivity contribution < 1.29 is 9.66 Å². The topological polar surface area (TPSA) is 88.8 Å². The number of aliphatic imine (C=N–C) groups is 1. The van der Waals surface area contributed by atoms with Gasteiger partial charge in [0.05, 0.1) is 12.0 Å². The third-order valence-electron chi connectivity index (χ3n) is 3.42. The summed E-state index contributed by atoms with van der Waals surface area (Å²) >= 11 is 0. The molecular weight excluding hydrogens is 308 g/mol. The Morgan fingerprint density at radius 2 is 1.79 bits per heavy atom. The van der Waals surface area contributed by atoms with Crippen molar-refractivity contribution in [3.8, 4) is 5.75 Å². The summed E-state index contributed by atoms with van der Waals surface area (Å²) in [6, 6.07) is 14.3. The molecule has 0 saturated carbocycles. The highest BCUT2D eigenvalue weighted by Gasteiger charge is 2.06. The van der Waals surface area contributed by atoms with E-state index in [9.17, 15) is 10.1 Å². The minimum atomic E-state index is -0.403. The summed E-state index contributed by atoms with van der Waals surface area (Å²) < 4.78 is 5.13. The van der Waals surface area contributed by atoms with Crippen molar-refractivity contribution in [1.82, 2.24) is 10.6 Å². The minimum absolute atomic E-state index is 0.0791. The molecule has 2 aromatic rings. The molecule has 2 N–H and O–H groups in total. The summed E-state index contributed by atoms with van der Waals surface area (Å²) in [5.41, 5.74) is 1.99. The Morgan fingerprint density at radius 1 is 1.12 bits per heavy atom. The summed E-state index contributed by atoms with van der Waals surface area (Å²) in [4.78, 5) is 14.5. The molecule has 0 aromatic heterocycles. The van der Waals surface area contributed by atoms with Crippen molar-refractivity contribution in [3.63, 3.8) is 0 Å². The fourth-order valence-electron chi connectivity index (χ4n) is 2.12. The quantitative estimate of drug-likeness (QED) is 0.368. The molecule has 0 bridgehead atoms. The Bertz CT molecular complexity index is 714. The Labute approximate surface area is 140 Å². The second-order valence-corrected chi connectivity index (χ2v) is 5.05. The molecule has 0 aliphatic heterocycles. The normalized spacial score (nSPS) is 11.0. The monoisotopic (exact) mass is 328 g/mol. The lowest BCUT2D eigenvalue weighted by atomic mass is 10.2. The van der Waals surface area contributed by atoms with Gasteiger partial charge in [-0.3, -0.25) is 15.1 Å². The molecule has 0 atom stereocenters. The van der Waals surface area contributed by atoms with E-state index in [0.29, 0.717) is 19.0 Å². The third-order valence-corrected chi connectivity index (χ3v) is 3.42. The summed E-state index contributed by atoms with van der Waals surface area (Å²) in [6.45, 7) is 1.06. The van der Waals surface area contributed by atoms with Gasteiger partial charge in [0.2, 0.25) is 0 Å². The SMILES string of the molecule is CN=C(NCc1ccc(OC)cc1)NCc1cccc([N+](=O)[O-])c1. The van der Waals surface area contributed by atoms with E-state index >= 15 is 0 Å². The number of hydrogen-bond donors (Lipinski definition) is 2. The van der Waals surface area contributed by atoms with Crippen LogP contribution in [-0.4, -0.2) is 25.0 Å². The molecule has 0 aliphatic carbocycles. The van der Waals surface area contributed by atoms with Crippen LogP contribution in [0.3, 0.4) is 0 Å². The van der Waals surface area contributed by atoms with E-state index in [0.717, 1.165) is 16.9 Å². The smallest absolute Gasteiger partial charge is 0.269 e. The lowest BCUT2D eigenvalue weighted by Crippen LogP contribution is -2.36. The number of guanidine groups is 1. The van der Waals surface area contributed by atoms with Gasteiger partial charge in [0.15, 0.2) is 5.96 Å². The lowest BCUT2D eigenvalue weighted by molar-refractivity contribution is -0.384. The van der Waals surface area contributed by atoms with E-state index in [1.807, 2.05) is 30.3 Å². The number of rotatable bonds is 6. The van der Waals surface area contributed by atoms with Crippen LogP contribution in [0.5, 0.6) is 5.75 Å². The van der Waals surface area contributed by atoms with Crippen molar-refractivity contribution in [2.75, 3.05) is 14.2 Å². The van der Waals surface area contributed by atoms with Crippen LogP contribution in [0.25, 0.3) is 0 Å². The van der Waals surface area contributed by atoms with Crippen LogP contribution in [0.1, 0.15) is 11.1 Å². The highest BCUT2D eigenvalue weighted by Crippen LogP contribution is 2.13. The molecule has 2 rings (SSSR count). The first-order valence-corrected chi connectivity index (χ1v) is 7.43. The molecule has 0 heterocycles. The maximum atomic E-state index is 10.8. The van der Waals surface area contributed by atoms with Gasteiger partial charge in [-0.2, -0.15) is 0 Å². The van der Waals surface area contributed by atoms with Gasteiger partial charge in [-0.05, 0) is 23.3 Å². The highest BCUT2D eigenvalue weighted by atomic mass is 16.6. The largest absolute Gasteiger partial charge is 0.497 e. The van der Waals surface area contributed by atoms with Crippen LogP contribution in [-0.2, 0) is 13.1 Å². The molecule has 24 heavy (non-hydrogen) atoms. The Balaban J connectivity index is 1.88. The number of nitrogens with zero attached hydrogens (tertiary/aromatic N) is 2. The average Bonchev–Trinajstić information content (AvgIpc) is 2.62. The van der Waals surface area contributed by atoms with Gasteiger partial charge in [0.25, 0.3) is 5.69 Å². The molecule has 7 nitrogen and oxygen atoms in total. The van der Waals surface area contributed by atoms with Crippen molar-refractivity contribution in [3.05, 3.63) is 69.8 Å². The molecule has 7 heteroatoms. The van der Waals surface area contributed by atoms with E-state index in [-0.39, 0.29) is 5.69 Å². The maximum absolute atomic E-state index is 10.8. The van der Waals surface area contributed by atoms with Crippen LogP contribution in [0.15, 0.2) is 53.5 Å². The molecule has 126 valence electrons. The number of methoxy groups -OCH3 is 1. The second-order valence-electron chi connectivity index (χ2n) is 5.05. The van der Waals surface area contributed by atoms with Gasteiger partial charge in [-0.25, -0.2) is 0 Å². The van der Waals surface area contributed by atoms with Gasteiger partial charge in [-0.15, -0.1) is 0 Å². The number of hydrogen-bond acceptors (Lipinski definition) is 4. The zero-order valence-corrected chi connectivity index (χ0v) is 13.7. The van der Waals surface area contributed by atoms with E-state index in [1.165, 1.54) is 6.07 Å². The number of nitrogens with one attached hydrogen (secondary N) is 2. The zero-order valence-electron chi connectivity index (χ0n) is 13.7. The summed E-state index contributed by atoms with van der Waals surface area (Å²) in [5, 5.41) is 17.1. The second kappa shape index (κ2) is 8.52. The van der Waals surface area contributed by atoms with Gasteiger partial charge in [-0.1, -0.05) is 24.3 Å². The van der Waals surface area contributed by atoms with E-state index < -0.39 is 4.92 Å². The number of nitro groups is 1. The molecular formula is C17H20N4O3. The van der Waals surface area contributed by atoms with Crippen molar-refractivity contribution in [2.24, 2.45) is 4.99 Å². The van der Waals surface area contributed by atoms with Gasteiger partial charge >= 0.3 is 0 Å². The Hall–Kier alpha value is -3.09. The molecule has 0 amide bonds. The Kier molecular flexibility index (Phi) is 6.13. The summed E-state index contributed by atoms with van der Waals surface area (Å²) in [6.07, 6.45) is 0. The van der Waals surface area contributed by atoms with Crippen LogP contribution < -0.4 is 15.4 Å². The highest BCUT2D eigenvalue weighted by molar-refractivity contribution is 5.79. The first-order chi connectivity index (χ1) is 11.6. The molecule has 0 radical (unpaired) electrons. The maximum Gasteiger partial charge on any atom is 0.269 e. The third kappa shape index (κ3) is 4.98. The van der Waals surface area contributed by atoms with Crippen molar-refractivity contribution >= 4 is 11.6 Å². The van der Waals surface area contributed by atoms with Crippen LogP contribution in [0.2, 0.25) is 0 Å². The van der Waals surface area contributed by atoms with Crippen molar-refractivity contribution in [2.45, 2.75) is 13.1 Å². The molecule has 0 fully saturated rings. The molecule has 0 unspecified atom stereocenters. The summed E-state index contributed by atoms with van der Waals surface area (Å²) in [5.74, 6) is 1.43. The number of benzene rings is 2. The minimum Gasteiger partial charge on any atom is -0.497 e. The fourth-order valence-corrected chi connectivity index (χ4v) is 2.12. The first kappa shape index (κ1) is 17.3. The van der Waals surface area contributed by atoms with Gasteiger partial charge in [0.1, 0.15) is 5.75 Å². The average molecular weight is 328 g/mol.